The van der Waals surface area contributed by atoms with Crippen LogP contribution in [-0.4, -0.2) is 85.6 Å². The zero-order valence-corrected chi connectivity index (χ0v) is 16.7. The van der Waals surface area contributed by atoms with Gasteiger partial charge in [-0.1, -0.05) is 0 Å². The molecular weight excluding hydrogens is 432 g/mol. The number of H-pyrrole nitrogens is 1. The smallest absolute Gasteiger partial charge is 0.322 e. The Morgan fingerprint density at radius 3 is 2.12 bits per heavy atom. The third-order valence-corrected chi connectivity index (χ3v) is 4.04. The number of hydrogen-bond donors (Lipinski definition) is 8. The summed E-state index contributed by atoms with van der Waals surface area (Å²) in [6, 6.07) is -4.27. The molecule has 0 saturated carbocycles. The fourth-order valence-electron chi connectivity index (χ4n) is 2.46. The fourth-order valence-corrected chi connectivity index (χ4v) is 2.46. The predicted octanol–water partition coefficient (Wildman–Crippen LogP) is -3.21. The lowest BCUT2D eigenvalue weighted by molar-refractivity contribution is -0.141. The third-order valence-electron chi connectivity index (χ3n) is 4.04. The fraction of sp³-hybridized carbons (Fsp3) is 0.471. The molecule has 0 saturated heterocycles. The van der Waals surface area contributed by atoms with Gasteiger partial charge in [0.15, 0.2) is 0 Å². The first-order valence-electron chi connectivity index (χ1n) is 9.26. The van der Waals surface area contributed by atoms with Crippen molar-refractivity contribution in [3.8, 4) is 0 Å². The van der Waals surface area contributed by atoms with Crippen molar-refractivity contribution in [2.24, 2.45) is 5.73 Å². The lowest BCUT2D eigenvalue weighted by Crippen LogP contribution is -2.57. The van der Waals surface area contributed by atoms with Crippen molar-refractivity contribution in [1.82, 2.24) is 25.9 Å². The van der Waals surface area contributed by atoms with Crippen LogP contribution in [0.5, 0.6) is 0 Å². The molecule has 1 aromatic heterocycles. The summed E-state index contributed by atoms with van der Waals surface area (Å²) in [4.78, 5) is 76.0. The maximum absolute atomic E-state index is 12.6. The largest absolute Gasteiger partial charge is 0.481 e. The Bertz CT molecular complexity index is 842. The molecule has 1 aromatic rings. The highest BCUT2D eigenvalue weighted by molar-refractivity contribution is 5.95. The van der Waals surface area contributed by atoms with Gasteiger partial charge < -0.3 is 42.0 Å². The second kappa shape index (κ2) is 12.6. The number of carboxylic acids is 3. The quantitative estimate of drug-likeness (QED) is 0.138. The van der Waals surface area contributed by atoms with E-state index in [0.29, 0.717) is 5.69 Å². The summed E-state index contributed by atoms with van der Waals surface area (Å²) in [5, 5.41) is 32.9. The number of nitrogens with two attached hydrogens (primary N) is 1. The van der Waals surface area contributed by atoms with Crippen LogP contribution in [0.2, 0.25) is 0 Å². The van der Waals surface area contributed by atoms with Crippen molar-refractivity contribution < 1.29 is 44.1 Å². The Morgan fingerprint density at radius 2 is 1.59 bits per heavy atom. The summed E-state index contributed by atoms with van der Waals surface area (Å²) in [5.74, 6) is -6.81. The van der Waals surface area contributed by atoms with Crippen molar-refractivity contribution in [3.63, 3.8) is 0 Å². The highest BCUT2D eigenvalue weighted by atomic mass is 16.4. The Kier molecular flexibility index (Phi) is 10.3. The number of rotatable bonds is 14. The van der Waals surface area contributed by atoms with Crippen LogP contribution in [0.3, 0.4) is 0 Å². The summed E-state index contributed by atoms with van der Waals surface area (Å²) in [5.41, 5.74) is 5.98. The number of amides is 3. The summed E-state index contributed by atoms with van der Waals surface area (Å²) in [6.45, 7) is -0.720. The summed E-state index contributed by atoms with van der Waals surface area (Å²) >= 11 is 0. The number of imidazole rings is 1. The Morgan fingerprint density at radius 1 is 0.938 bits per heavy atom. The lowest BCUT2D eigenvalue weighted by atomic mass is 10.1. The second-order valence-corrected chi connectivity index (χ2v) is 6.65. The zero-order valence-electron chi connectivity index (χ0n) is 16.7. The molecule has 0 aliphatic heterocycles. The van der Waals surface area contributed by atoms with Gasteiger partial charge in [-0.15, -0.1) is 0 Å². The second-order valence-electron chi connectivity index (χ2n) is 6.65. The number of nitrogens with zero attached hydrogens (tertiary/aromatic N) is 1. The number of carbonyl (C=O) groups is 6. The minimum atomic E-state index is -1.63. The molecule has 0 aromatic carbocycles. The molecule has 3 atom stereocenters. The van der Waals surface area contributed by atoms with E-state index in [1.807, 2.05) is 0 Å². The SMILES string of the molecule is NC(CCC(=O)O)C(=O)NC(CC(=O)O)C(=O)NC(Cc1cnc[nH]1)C(=O)NCC(=O)O. The first-order chi connectivity index (χ1) is 15.0. The number of nitrogens with one attached hydrogen (secondary N) is 4. The maximum atomic E-state index is 12.6. The molecule has 3 unspecified atom stereocenters. The van der Waals surface area contributed by atoms with Gasteiger partial charge in [-0.25, -0.2) is 4.98 Å². The molecule has 15 heteroatoms. The van der Waals surface area contributed by atoms with Crippen LogP contribution in [0.25, 0.3) is 0 Å². The maximum Gasteiger partial charge on any atom is 0.322 e. The van der Waals surface area contributed by atoms with E-state index in [9.17, 15) is 28.8 Å². The zero-order chi connectivity index (χ0) is 24.3. The van der Waals surface area contributed by atoms with Gasteiger partial charge in [0.2, 0.25) is 17.7 Å². The van der Waals surface area contributed by atoms with Crippen molar-refractivity contribution in [2.75, 3.05) is 6.54 Å². The van der Waals surface area contributed by atoms with Gasteiger partial charge >= 0.3 is 17.9 Å². The Labute approximate surface area is 180 Å². The summed E-state index contributed by atoms with van der Waals surface area (Å²) < 4.78 is 0. The molecule has 176 valence electrons. The van der Waals surface area contributed by atoms with Gasteiger partial charge in [0.05, 0.1) is 18.8 Å². The standard InChI is InChI=1S/C17H24N6O9/c18-9(1-2-12(24)25)15(30)22-11(4-13(26)27)17(32)23-10(3-8-5-19-7-21-8)16(31)20-6-14(28)29/h5,7,9-11H,1-4,6,18H2,(H,19,21)(H,20,31)(H,22,30)(H,23,32)(H,24,25)(H,26,27)(H,28,29). The van der Waals surface area contributed by atoms with Crippen LogP contribution >= 0.6 is 0 Å². The highest BCUT2D eigenvalue weighted by Crippen LogP contribution is 2.03. The third kappa shape index (κ3) is 9.66. The van der Waals surface area contributed by atoms with Crippen LogP contribution in [0, 0.1) is 0 Å². The minimum absolute atomic E-state index is 0.136. The molecule has 1 rings (SSSR count). The minimum Gasteiger partial charge on any atom is -0.481 e. The molecule has 32 heavy (non-hydrogen) atoms. The van der Waals surface area contributed by atoms with Gasteiger partial charge in [-0.05, 0) is 6.42 Å². The first-order valence-corrected chi connectivity index (χ1v) is 9.26. The van der Waals surface area contributed by atoms with Gasteiger partial charge in [0.1, 0.15) is 18.6 Å². The van der Waals surface area contributed by atoms with Crippen molar-refractivity contribution >= 4 is 35.6 Å². The van der Waals surface area contributed by atoms with Gasteiger partial charge in [-0.2, -0.15) is 0 Å². The average molecular weight is 456 g/mol. The van der Waals surface area contributed by atoms with E-state index in [-0.39, 0.29) is 12.8 Å². The van der Waals surface area contributed by atoms with E-state index in [1.165, 1.54) is 12.5 Å². The van der Waals surface area contributed by atoms with Crippen molar-refractivity contribution in [2.45, 2.75) is 43.8 Å². The lowest BCUT2D eigenvalue weighted by Gasteiger charge is -2.23. The van der Waals surface area contributed by atoms with E-state index in [2.05, 4.69) is 25.9 Å². The molecule has 0 aliphatic carbocycles. The molecule has 1 heterocycles. The molecule has 0 spiro atoms. The number of hydrogen-bond acceptors (Lipinski definition) is 8. The van der Waals surface area contributed by atoms with Gasteiger partial charge in [0.25, 0.3) is 0 Å². The topological polar surface area (TPSA) is 254 Å². The highest BCUT2D eigenvalue weighted by Gasteiger charge is 2.30. The van der Waals surface area contributed by atoms with Crippen LogP contribution < -0.4 is 21.7 Å². The number of aromatic amines is 1. The molecular formula is C17H24N6O9. The van der Waals surface area contributed by atoms with Crippen molar-refractivity contribution in [3.05, 3.63) is 18.2 Å². The van der Waals surface area contributed by atoms with Crippen LogP contribution in [-0.2, 0) is 35.2 Å². The molecule has 3 amide bonds. The molecule has 0 radical (unpaired) electrons. The average Bonchev–Trinajstić information content (AvgIpc) is 3.21. The number of carboxylic acid groups (broad SMARTS) is 3. The number of aromatic nitrogens is 2. The molecule has 9 N–H and O–H groups in total. The molecule has 0 fully saturated rings. The van der Waals surface area contributed by atoms with Crippen LogP contribution in [0.4, 0.5) is 0 Å². The number of carbonyl (C=O) groups excluding carboxylic acids is 3. The van der Waals surface area contributed by atoms with Crippen LogP contribution in [0.15, 0.2) is 12.5 Å². The Balaban J connectivity index is 2.92. The molecule has 15 nitrogen and oxygen atoms in total. The van der Waals surface area contributed by atoms with Gasteiger partial charge in [-0.3, -0.25) is 28.8 Å². The molecule has 0 bridgehead atoms. The predicted molar refractivity (Wildman–Crippen MR) is 104 cm³/mol. The first kappa shape index (κ1) is 26.0. The molecule has 0 aliphatic rings. The van der Waals surface area contributed by atoms with Crippen LogP contribution in [0.1, 0.15) is 25.0 Å². The van der Waals surface area contributed by atoms with E-state index in [0.717, 1.165) is 0 Å². The van der Waals surface area contributed by atoms with E-state index < -0.39 is 73.1 Å². The normalized spacial score (nSPS) is 13.3. The van der Waals surface area contributed by atoms with E-state index >= 15 is 0 Å². The summed E-state index contributed by atoms with van der Waals surface area (Å²) in [7, 11) is 0. The monoisotopic (exact) mass is 456 g/mol. The number of aliphatic carboxylic acids is 3. The Hall–Kier alpha value is -4.01. The van der Waals surface area contributed by atoms with Crippen molar-refractivity contribution in [1.29, 1.82) is 0 Å². The van der Waals surface area contributed by atoms with Gasteiger partial charge in [0, 0.05) is 24.7 Å². The summed E-state index contributed by atoms with van der Waals surface area (Å²) in [6.07, 6.45) is 1.03. The van der Waals surface area contributed by atoms with E-state index in [4.69, 9.17) is 21.1 Å². The van der Waals surface area contributed by atoms with E-state index in [1.54, 1.807) is 0 Å².